The van der Waals surface area contributed by atoms with Gasteiger partial charge in [-0.05, 0) is 13.0 Å². The van der Waals surface area contributed by atoms with Crippen LogP contribution < -0.4 is 0 Å². The van der Waals surface area contributed by atoms with Gasteiger partial charge in [0.1, 0.15) is 6.10 Å². The highest BCUT2D eigenvalue weighted by Crippen LogP contribution is 2.29. The molecule has 1 aromatic rings. The predicted octanol–water partition coefficient (Wildman–Crippen LogP) is 2.25. The van der Waals surface area contributed by atoms with Crippen molar-refractivity contribution in [3.63, 3.8) is 0 Å². The first kappa shape index (κ1) is 12.1. The van der Waals surface area contributed by atoms with Gasteiger partial charge in [-0.15, -0.1) is 0 Å². The van der Waals surface area contributed by atoms with E-state index >= 15 is 0 Å². The molecule has 0 N–H and O–H groups in total. The first-order valence-electron chi connectivity index (χ1n) is 5.67. The number of carbonyl (C=O) groups excluding carboxylic acids is 2. The van der Waals surface area contributed by atoms with Crippen molar-refractivity contribution in [1.82, 2.24) is 4.90 Å². The molecule has 2 rings (SSSR count). The lowest BCUT2D eigenvalue weighted by Gasteiger charge is -2.16. The normalized spacial score (nSPS) is 18.7. The fourth-order valence-electron chi connectivity index (χ4n) is 1.96. The van der Waals surface area contributed by atoms with Crippen LogP contribution in [-0.2, 0) is 4.74 Å². The summed E-state index contributed by atoms with van der Waals surface area (Å²) in [4.78, 5) is 25.0. The molecular weight excluding hydrogens is 232 g/mol. The fraction of sp³-hybridized carbons (Fsp3) is 0.308. The largest absolute Gasteiger partial charge is 0.440 e. The lowest BCUT2D eigenvalue weighted by Crippen LogP contribution is -2.35. The Morgan fingerprint density at radius 2 is 2.11 bits per heavy atom. The van der Waals surface area contributed by atoms with Gasteiger partial charge in [-0.1, -0.05) is 18.2 Å². The van der Waals surface area contributed by atoms with Gasteiger partial charge in [-0.2, -0.15) is 5.26 Å². The number of benzene rings is 1. The number of amides is 2. The molecule has 0 spiro atoms. The number of cyclic esters (lactones) is 1. The van der Waals surface area contributed by atoms with Crippen molar-refractivity contribution in [3.05, 3.63) is 35.4 Å². The second kappa shape index (κ2) is 4.88. The van der Waals surface area contributed by atoms with E-state index in [1.807, 2.05) is 6.07 Å². The zero-order valence-corrected chi connectivity index (χ0v) is 9.92. The second-order valence-electron chi connectivity index (χ2n) is 3.87. The summed E-state index contributed by atoms with van der Waals surface area (Å²) < 4.78 is 5.20. The molecule has 1 unspecified atom stereocenters. The topological polar surface area (TPSA) is 70.4 Å². The number of hydrogen-bond acceptors (Lipinski definition) is 4. The van der Waals surface area contributed by atoms with E-state index in [4.69, 9.17) is 10.00 Å². The summed E-state index contributed by atoms with van der Waals surface area (Å²) in [5.74, 6) is -0.376. The van der Waals surface area contributed by atoms with E-state index in [1.54, 1.807) is 31.2 Å². The standard InChI is InChI=1S/C13H12N2O3/c1-2-15-12(16)10-6-4-3-5-9(10)11(7-8-14)18-13(15)17/h3-6,11H,2,7H2,1H3. The van der Waals surface area contributed by atoms with Gasteiger partial charge in [0.15, 0.2) is 0 Å². The number of carbonyl (C=O) groups is 2. The van der Waals surface area contributed by atoms with Crippen LogP contribution in [0.25, 0.3) is 0 Å². The molecular formula is C13H12N2O3. The Morgan fingerprint density at radius 1 is 1.39 bits per heavy atom. The zero-order chi connectivity index (χ0) is 13.1. The maximum Gasteiger partial charge on any atom is 0.417 e. The molecule has 0 aromatic heterocycles. The highest BCUT2D eigenvalue weighted by molar-refractivity contribution is 6.04. The quantitative estimate of drug-likeness (QED) is 0.800. The van der Waals surface area contributed by atoms with Gasteiger partial charge >= 0.3 is 6.09 Å². The molecule has 0 radical (unpaired) electrons. The number of rotatable bonds is 2. The van der Waals surface area contributed by atoms with Crippen molar-refractivity contribution in [2.75, 3.05) is 6.54 Å². The molecule has 92 valence electrons. The van der Waals surface area contributed by atoms with E-state index in [0.29, 0.717) is 11.1 Å². The molecule has 1 aliphatic heterocycles. The van der Waals surface area contributed by atoms with Gasteiger partial charge in [0.2, 0.25) is 0 Å². The molecule has 0 aliphatic carbocycles. The second-order valence-corrected chi connectivity index (χ2v) is 3.87. The average molecular weight is 244 g/mol. The minimum atomic E-state index is -0.695. The Kier molecular flexibility index (Phi) is 3.28. The molecule has 0 saturated heterocycles. The van der Waals surface area contributed by atoms with Crippen LogP contribution in [0.15, 0.2) is 24.3 Å². The Hall–Kier alpha value is -2.35. The van der Waals surface area contributed by atoms with Crippen LogP contribution in [0.4, 0.5) is 4.79 Å². The Morgan fingerprint density at radius 3 is 2.78 bits per heavy atom. The van der Waals surface area contributed by atoms with Gasteiger partial charge in [0, 0.05) is 17.7 Å². The Bertz CT molecular complexity index is 533. The van der Waals surface area contributed by atoms with E-state index in [9.17, 15) is 9.59 Å². The van der Waals surface area contributed by atoms with Crippen LogP contribution in [0.1, 0.15) is 35.4 Å². The van der Waals surface area contributed by atoms with Gasteiger partial charge in [0.25, 0.3) is 5.91 Å². The minimum absolute atomic E-state index is 0.0353. The summed E-state index contributed by atoms with van der Waals surface area (Å²) in [5.41, 5.74) is 1.01. The van der Waals surface area contributed by atoms with Crippen LogP contribution in [-0.4, -0.2) is 23.4 Å². The maximum absolute atomic E-state index is 12.2. The molecule has 1 atom stereocenters. The summed E-state index contributed by atoms with van der Waals surface area (Å²) in [5, 5.41) is 8.77. The average Bonchev–Trinajstić information content (AvgIpc) is 2.47. The van der Waals surface area contributed by atoms with E-state index < -0.39 is 12.2 Å². The number of hydrogen-bond donors (Lipinski definition) is 0. The molecule has 1 heterocycles. The number of imide groups is 1. The third-order valence-electron chi connectivity index (χ3n) is 2.84. The number of nitrogens with zero attached hydrogens (tertiary/aromatic N) is 2. The van der Waals surface area contributed by atoms with Crippen molar-refractivity contribution in [1.29, 1.82) is 5.26 Å². The highest BCUT2D eigenvalue weighted by atomic mass is 16.6. The van der Waals surface area contributed by atoms with Crippen molar-refractivity contribution in [3.8, 4) is 6.07 Å². The van der Waals surface area contributed by atoms with Crippen LogP contribution in [0.2, 0.25) is 0 Å². The Labute approximate surface area is 105 Å². The summed E-state index contributed by atoms with van der Waals surface area (Å²) in [6, 6.07) is 8.80. The summed E-state index contributed by atoms with van der Waals surface area (Å²) in [6.45, 7) is 1.94. The van der Waals surface area contributed by atoms with Crippen LogP contribution >= 0.6 is 0 Å². The first-order valence-corrected chi connectivity index (χ1v) is 5.67. The third-order valence-corrected chi connectivity index (χ3v) is 2.84. The van der Waals surface area contributed by atoms with E-state index in [-0.39, 0.29) is 18.9 Å². The van der Waals surface area contributed by atoms with Gasteiger partial charge in [0.05, 0.1) is 12.5 Å². The van der Waals surface area contributed by atoms with Crippen molar-refractivity contribution < 1.29 is 14.3 Å². The summed E-state index contributed by atoms with van der Waals surface area (Å²) in [7, 11) is 0. The van der Waals surface area contributed by atoms with Crippen molar-refractivity contribution >= 4 is 12.0 Å². The van der Waals surface area contributed by atoms with Crippen molar-refractivity contribution in [2.24, 2.45) is 0 Å². The lowest BCUT2D eigenvalue weighted by molar-refractivity contribution is 0.0585. The van der Waals surface area contributed by atoms with E-state index in [2.05, 4.69) is 0 Å². The molecule has 2 amide bonds. The van der Waals surface area contributed by atoms with Crippen LogP contribution in [0.3, 0.4) is 0 Å². The molecule has 0 fully saturated rings. The van der Waals surface area contributed by atoms with Gasteiger partial charge in [-0.25, -0.2) is 9.69 Å². The van der Waals surface area contributed by atoms with Crippen LogP contribution in [0.5, 0.6) is 0 Å². The molecule has 5 heteroatoms. The minimum Gasteiger partial charge on any atom is -0.440 e. The van der Waals surface area contributed by atoms with Gasteiger partial charge in [-0.3, -0.25) is 4.79 Å². The van der Waals surface area contributed by atoms with E-state index in [1.165, 1.54) is 0 Å². The fourth-order valence-corrected chi connectivity index (χ4v) is 1.96. The lowest BCUT2D eigenvalue weighted by atomic mass is 10.00. The zero-order valence-electron chi connectivity index (χ0n) is 9.92. The van der Waals surface area contributed by atoms with Gasteiger partial charge < -0.3 is 4.74 Å². The molecule has 5 nitrogen and oxygen atoms in total. The smallest absolute Gasteiger partial charge is 0.417 e. The first-order chi connectivity index (χ1) is 8.69. The summed E-state index contributed by atoms with van der Waals surface area (Å²) in [6.07, 6.45) is -1.34. The number of ether oxygens (including phenoxy) is 1. The maximum atomic E-state index is 12.2. The SMILES string of the molecule is CCN1C(=O)OC(CC#N)c2ccccc2C1=O. The molecule has 1 aliphatic rings. The third kappa shape index (κ3) is 1.93. The van der Waals surface area contributed by atoms with Crippen LogP contribution in [0, 0.1) is 11.3 Å². The predicted molar refractivity (Wildman–Crippen MR) is 62.6 cm³/mol. The molecule has 1 aromatic carbocycles. The molecule has 0 bridgehead atoms. The summed E-state index contributed by atoms with van der Waals surface area (Å²) >= 11 is 0. The monoisotopic (exact) mass is 244 g/mol. The number of nitriles is 1. The Balaban J connectivity index is 2.53. The number of fused-ring (bicyclic) bond motifs is 1. The van der Waals surface area contributed by atoms with Crippen molar-refractivity contribution in [2.45, 2.75) is 19.4 Å². The van der Waals surface area contributed by atoms with E-state index in [0.717, 1.165) is 4.90 Å². The molecule has 0 saturated carbocycles. The highest BCUT2D eigenvalue weighted by Gasteiger charge is 2.33. The molecule has 18 heavy (non-hydrogen) atoms.